The molecule has 4 heterocycles. The van der Waals surface area contributed by atoms with Crippen molar-refractivity contribution in [1.29, 1.82) is 0 Å². The number of amides is 1. The highest BCUT2D eigenvalue weighted by Gasteiger charge is 2.33. The number of aromatic nitrogens is 4. The van der Waals surface area contributed by atoms with Crippen molar-refractivity contribution >= 4 is 23.1 Å². The number of hydrogen-bond donors (Lipinski definition) is 3. The first-order chi connectivity index (χ1) is 16.2. The van der Waals surface area contributed by atoms with Crippen molar-refractivity contribution < 1.29 is 22.7 Å². The monoisotopic (exact) mass is 474 g/mol. The van der Waals surface area contributed by atoms with E-state index in [4.69, 9.17) is 11.5 Å². The Balaban J connectivity index is 1.62. The maximum absolute atomic E-state index is 13.0. The van der Waals surface area contributed by atoms with Crippen LogP contribution >= 0.6 is 0 Å². The van der Waals surface area contributed by atoms with Gasteiger partial charge in [0.2, 0.25) is 0 Å². The number of carbonyl (C=O) groups excluding carboxylic acids is 1. The van der Waals surface area contributed by atoms with E-state index in [2.05, 4.69) is 34.9 Å². The average molecular weight is 474 g/mol. The molecule has 0 radical (unpaired) electrons. The average Bonchev–Trinajstić information content (AvgIpc) is 2.80. The van der Waals surface area contributed by atoms with Gasteiger partial charge in [0.1, 0.15) is 11.4 Å². The van der Waals surface area contributed by atoms with E-state index in [9.17, 15) is 18.0 Å². The second kappa shape index (κ2) is 9.47. The third kappa shape index (κ3) is 5.31. The summed E-state index contributed by atoms with van der Waals surface area (Å²) < 4.78 is 42.3. The molecule has 5 N–H and O–H groups in total. The van der Waals surface area contributed by atoms with Gasteiger partial charge in [-0.25, -0.2) is 9.97 Å². The van der Waals surface area contributed by atoms with Crippen molar-refractivity contribution in [2.75, 3.05) is 29.0 Å². The molecule has 3 aromatic rings. The second-order valence-electron chi connectivity index (χ2n) is 7.56. The second-order valence-corrected chi connectivity index (χ2v) is 7.56. The Morgan fingerprint density at radius 2 is 1.91 bits per heavy atom. The van der Waals surface area contributed by atoms with Gasteiger partial charge in [-0.15, -0.1) is 13.2 Å². The normalized spacial score (nSPS) is 14.6. The summed E-state index contributed by atoms with van der Waals surface area (Å²) >= 11 is 0. The molecule has 1 saturated heterocycles. The van der Waals surface area contributed by atoms with E-state index in [1.54, 1.807) is 12.3 Å². The van der Waals surface area contributed by atoms with Crippen LogP contribution in [0.4, 0.5) is 30.4 Å². The molecule has 3 aromatic heterocycles. The summed E-state index contributed by atoms with van der Waals surface area (Å²) in [6.07, 6.45) is 2.16. The number of carbonyl (C=O) groups is 1. The Bertz CT molecular complexity index is 1180. The van der Waals surface area contributed by atoms with E-state index in [0.717, 1.165) is 30.8 Å². The predicted molar refractivity (Wildman–Crippen MR) is 118 cm³/mol. The van der Waals surface area contributed by atoms with Crippen LogP contribution in [0.5, 0.6) is 5.75 Å². The maximum Gasteiger partial charge on any atom is 0.573 e. The number of nitrogens with one attached hydrogen (secondary N) is 1. The van der Waals surface area contributed by atoms with Crippen molar-refractivity contribution in [3.8, 4) is 17.1 Å². The van der Waals surface area contributed by atoms with Gasteiger partial charge in [-0.2, -0.15) is 0 Å². The SMILES string of the molecule is Nc1ncc(-c2ncccc2OC(F)(F)F)nc1C(=O)Nc1cnccc1N1CCC(N)CC1. The Morgan fingerprint density at radius 1 is 1.15 bits per heavy atom. The highest BCUT2D eigenvalue weighted by atomic mass is 19.4. The van der Waals surface area contributed by atoms with Gasteiger partial charge in [0.25, 0.3) is 5.91 Å². The number of halogens is 3. The third-order valence-electron chi connectivity index (χ3n) is 5.18. The fourth-order valence-corrected chi connectivity index (χ4v) is 3.55. The van der Waals surface area contributed by atoms with Crippen LogP contribution in [-0.2, 0) is 0 Å². The molecule has 0 saturated carbocycles. The summed E-state index contributed by atoms with van der Waals surface area (Å²) in [4.78, 5) is 31.1. The Kier molecular flexibility index (Phi) is 6.45. The maximum atomic E-state index is 13.0. The molecule has 1 fully saturated rings. The number of anilines is 3. The number of nitrogen functional groups attached to an aromatic ring is 1. The number of ether oxygens (including phenoxy) is 1. The summed E-state index contributed by atoms with van der Waals surface area (Å²) in [6.45, 7) is 1.43. The van der Waals surface area contributed by atoms with Gasteiger partial charge in [-0.1, -0.05) is 0 Å². The molecule has 10 nitrogen and oxygen atoms in total. The molecule has 0 spiro atoms. The molecule has 0 aliphatic carbocycles. The standard InChI is InChI=1S/C21H21F3N8O2/c22-21(23,24)34-16-2-1-6-28-17(16)14-11-29-19(26)18(30-14)20(33)31-13-10-27-7-3-15(13)32-8-4-12(25)5-9-32/h1-3,6-7,10-12H,4-5,8-9,25H2,(H2,26,29)(H,31,33). The van der Waals surface area contributed by atoms with Crippen molar-refractivity contribution in [3.63, 3.8) is 0 Å². The Hall–Kier alpha value is -4.00. The summed E-state index contributed by atoms with van der Waals surface area (Å²) in [5.41, 5.74) is 12.4. The number of nitrogens with two attached hydrogens (primary N) is 2. The fourth-order valence-electron chi connectivity index (χ4n) is 3.55. The van der Waals surface area contributed by atoms with Gasteiger partial charge in [-0.3, -0.25) is 14.8 Å². The third-order valence-corrected chi connectivity index (χ3v) is 5.18. The van der Waals surface area contributed by atoms with Crippen molar-refractivity contribution in [2.24, 2.45) is 5.73 Å². The molecule has 0 bridgehead atoms. The molecule has 1 aliphatic heterocycles. The molecule has 1 aliphatic rings. The number of piperidine rings is 1. The van der Waals surface area contributed by atoms with Crippen LogP contribution in [0.1, 0.15) is 23.3 Å². The quantitative estimate of drug-likeness (QED) is 0.508. The minimum absolute atomic E-state index is 0.115. The zero-order valence-electron chi connectivity index (χ0n) is 17.8. The van der Waals surface area contributed by atoms with E-state index in [0.29, 0.717) is 18.8 Å². The first kappa shape index (κ1) is 23.2. The van der Waals surface area contributed by atoms with Gasteiger partial charge < -0.3 is 26.4 Å². The summed E-state index contributed by atoms with van der Waals surface area (Å²) in [5, 5.41) is 2.72. The number of pyridine rings is 2. The lowest BCUT2D eigenvalue weighted by Crippen LogP contribution is -2.40. The van der Waals surface area contributed by atoms with Gasteiger partial charge >= 0.3 is 6.36 Å². The van der Waals surface area contributed by atoms with Crippen LogP contribution in [0.15, 0.2) is 43.0 Å². The Morgan fingerprint density at radius 3 is 2.65 bits per heavy atom. The largest absolute Gasteiger partial charge is 0.573 e. The molecule has 1 amide bonds. The Labute approximate surface area is 192 Å². The molecule has 4 rings (SSSR count). The molecule has 13 heteroatoms. The summed E-state index contributed by atoms with van der Waals surface area (Å²) in [7, 11) is 0. The van der Waals surface area contributed by atoms with Gasteiger partial charge in [0, 0.05) is 31.5 Å². The fraction of sp³-hybridized carbons (Fsp3) is 0.286. The van der Waals surface area contributed by atoms with Crippen LogP contribution in [0.25, 0.3) is 11.4 Å². The first-order valence-electron chi connectivity index (χ1n) is 10.3. The van der Waals surface area contributed by atoms with Crippen molar-refractivity contribution in [2.45, 2.75) is 25.2 Å². The van der Waals surface area contributed by atoms with Crippen molar-refractivity contribution in [1.82, 2.24) is 19.9 Å². The minimum Gasteiger partial charge on any atom is -0.403 e. The molecule has 0 atom stereocenters. The van der Waals surface area contributed by atoms with Crippen LogP contribution in [0.2, 0.25) is 0 Å². The van der Waals surface area contributed by atoms with Crippen LogP contribution in [0, 0.1) is 0 Å². The number of rotatable bonds is 5. The van der Waals surface area contributed by atoms with E-state index in [1.165, 1.54) is 18.5 Å². The molecule has 0 unspecified atom stereocenters. The molecule has 178 valence electrons. The smallest absolute Gasteiger partial charge is 0.403 e. The summed E-state index contributed by atoms with van der Waals surface area (Å²) in [6, 6.07) is 4.26. The first-order valence-corrected chi connectivity index (χ1v) is 10.3. The minimum atomic E-state index is -4.94. The zero-order valence-corrected chi connectivity index (χ0v) is 17.8. The van der Waals surface area contributed by atoms with Crippen LogP contribution in [0.3, 0.4) is 0 Å². The number of nitrogens with zero attached hydrogens (tertiary/aromatic N) is 5. The van der Waals surface area contributed by atoms with Crippen LogP contribution in [-0.4, -0.2) is 51.3 Å². The number of hydrogen-bond acceptors (Lipinski definition) is 9. The van der Waals surface area contributed by atoms with E-state index >= 15 is 0 Å². The van der Waals surface area contributed by atoms with Gasteiger partial charge in [0.15, 0.2) is 17.3 Å². The van der Waals surface area contributed by atoms with E-state index < -0.39 is 18.0 Å². The van der Waals surface area contributed by atoms with Gasteiger partial charge in [-0.05, 0) is 31.0 Å². The lowest BCUT2D eigenvalue weighted by atomic mass is 10.1. The summed E-state index contributed by atoms with van der Waals surface area (Å²) in [5.74, 6) is -1.49. The predicted octanol–water partition coefficient (Wildman–Crippen LogP) is 2.59. The molecular weight excluding hydrogens is 453 g/mol. The molecule has 0 aromatic carbocycles. The highest BCUT2D eigenvalue weighted by Crippen LogP contribution is 2.32. The van der Waals surface area contributed by atoms with Crippen LogP contribution < -0.4 is 26.4 Å². The topological polar surface area (TPSA) is 145 Å². The zero-order chi connectivity index (χ0) is 24.3. The van der Waals surface area contributed by atoms with E-state index in [1.807, 2.05) is 0 Å². The number of alkyl halides is 3. The molecular formula is C21H21F3N8O2. The lowest BCUT2D eigenvalue weighted by Gasteiger charge is -2.33. The lowest BCUT2D eigenvalue weighted by molar-refractivity contribution is -0.274. The van der Waals surface area contributed by atoms with E-state index in [-0.39, 0.29) is 28.9 Å². The van der Waals surface area contributed by atoms with Gasteiger partial charge in [0.05, 0.1) is 23.8 Å². The highest BCUT2D eigenvalue weighted by molar-refractivity contribution is 6.07. The van der Waals surface area contributed by atoms with Crippen molar-refractivity contribution in [3.05, 3.63) is 48.7 Å². The molecule has 34 heavy (non-hydrogen) atoms.